The smallest absolute Gasteiger partial charge is 0.229 e. The van der Waals surface area contributed by atoms with E-state index in [0.717, 1.165) is 0 Å². The number of nitrogens with one attached hydrogen (secondary N) is 2. The molecule has 20 heavy (non-hydrogen) atoms. The summed E-state index contributed by atoms with van der Waals surface area (Å²) in [5.74, 6) is -1.16. The third-order valence-corrected chi connectivity index (χ3v) is 2.76. The highest BCUT2D eigenvalue weighted by atomic mass is 16.2. The largest absolute Gasteiger partial charge is 0.355 e. The first-order valence-electron chi connectivity index (χ1n) is 6.82. The van der Waals surface area contributed by atoms with Crippen LogP contribution < -0.4 is 10.6 Å². The molecule has 0 rings (SSSR count). The van der Waals surface area contributed by atoms with Crippen LogP contribution in [0.4, 0.5) is 0 Å². The fourth-order valence-electron chi connectivity index (χ4n) is 1.27. The molecule has 0 bridgehead atoms. The van der Waals surface area contributed by atoms with Crippen molar-refractivity contribution in [2.24, 2.45) is 11.8 Å². The molecule has 2 amide bonds. The van der Waals surface area contributed by atoms with Gasteiger partial charge in [0.15, 0.2) is 5.78 Å². The van der Waals surface area contributed by atoms with Crippen molar-refractivity contribution < 1.29 is 19.2 Å². The second-order valence-corrected chi connectivity index (χ2v) is 5.30. The Morgan fingerprint density at radius 2 is 1.30 bits per heavy atom. The number of amides is 2. The topological polar surface area (TPSA) is 92.3 Å². The van der Waals surface area contributed by atoms with Gasteiger partial charge >= 0.3 is 0 Å². The molecule has 114 valence electrons. The maximum absolute atomic E-state index is 11.4. The van der Waals surface area contributed by atoms with Crippen molar-refractivity contribution in [1.29, 1.82) is 0 Å². The molecule has 0 saturated heterocycles. The van der Waals surface area contributed by atoms with E-state index in [4.69, 9.17) is 0 Å². The lowest BCUT2D eigenvalue weighted by Crippen LogP contribution is -2.36. The molecular weight excluding hydrogens is 260 g/mol. The summed E-state index contributed by atoms with van der Waals surface area (Å²) in [5, 5.41) is 4.90. The molecule has 0 atom stereocenters. The molecule has 0 spiro atoms. The minimum atomic E-state index is -0.494. The molecule has 0 fully saturated rings. The third kappa shape index (κ3) is 8.39. The van der Waals surface area contributed by atoms with Gasteiger partial charge in [0.2, 0.25) is 11.8 Å². The molecule has 0 saturated carbocycles. The van der Waals surface area contributed by atoms with Crippen LogP contribution >= 0.6 is 0 Å². The summed E-state index contributed by atoms with van der Waals surface area (Å²) >= 11 is 0. The Hall–Kier alpha value is -1.72. The summed E-state index contributed by atoms with van der Waals surface area (Å²) in [4.78, 5) is 45.4. The van der Waals surface area contributed by atoms with Gasteiger partial charge < -0.3 is 10.6 Å². The van der Waals surface area contributed by atoms with Gasteiger partial charge in [-0.2, -0.15) is 0 Å². The van der Waals surface area contributed by atoms with Crippen LogP contribution in [0.25, 0.3) is 0 Å². The Kier molecular flexibility index (Phi) is 8.43. The number of rotatable bonds is 9. The minimum absolute atomic E-state index is 0.0581. The lowest BCUT2D eigenvalue weighted by Gasteiger charge is -2.08. The number of ketones is 2. The Labute approximate surface area is 119 Å². The lowest BCUT2D eigenvalue weighted by molar-refractivity contribution is -0.131. The normalized spacial score (nSPS) is 10.5. The van der Waals surface area contributed by atoms with E-state index in [1.165, 1.54) is 0 Å². The molecule has 2 N–H and O–H groups in total. The first-order valence-corrected chi connectivity index (χ1v) is 6.82. The van der Waals surface area contributed by atoms with Gasteiger partial charge in [-0.05, 0) is 0 Å². The average molecular weight is 284 g/mol. The Morgan fingerprint density at radius 1 is 0.800 bits per heavy atom. The Balaban J connectivity index is 3.83. The SMILES string of the molecule is CC(C)C(=O)CCNC(=O)CC(=O)NCC(=O)C(C)C. The monoisotopic (exact) mass is 284 g/mol. The number of hydrogen-bond donors (Lipinski definition) is 2. The van der Waals surface area contributed by atoms with Gasteiger partial charge in [0, 0.05) is 24.8 Å². The number of Topliss-reactive ketones (excluding diaryl/α,β-unsaturated/α-hetero) is 2. The molecule has 0 aromatic heterocycles. The summed E-state index contributed by atoms with van der Waals surface area (Å²) in [6.07, 6.45) is -0.0713. The highest BCUT2D eigenvalue weighted by molar-refractivity contribution is 5.98. The first kappa shape index (κ1) is 18.3. The predicted molar refractivity (Wildman–Crippen MR) is 74.9 cm³/mol. The van der Waals surface area contributed by atoms with Crippen LogP contribution in [-0.2, 0) is 19.2 Å². The summed E-state index contributed by atoms with van der Waals surface area (Å²) in [6.45, 7) is 7.25. The molecule has 0 radical (unpaired) electrons. The van der Waals surface area contributed by atoms with Crippen LogP contribution in [0.5, 0.6) is 0 Å². The molecular formula is C14H24N2O4. The van der Waals surface area contributed by atoms with E-state index in [9.17, 15) is 19.2 Å². The maximum Gasteiger partial charge on any atom is 0.229 e. The number of carbonyl (C=O) groups is 4. The summed E-state index contributed by atoms with van der Waals surface area (Å²) in [5.41, 5.74) is 0. The van der Waals surface area contributed by atoms with Crippen molar-refractivity contribution >= 4 is 23.4 Å². The van der Waals surface area contributed by atoms with Gasteiger partial charge in [-0.1, -0.05) is 27.7 Å². The van der Waals surface area contributed by atoms with Crippen LogP contribution in [0.1, 0.15) is 40.5 Å². The predicted octanol–water partition coefficient (Wildman–Crippen LogP) is 0.449. The molecule has 0 aliphatic carbocycles. The van der Waals surface area contributed by atoms with Gasteiger partial charge in [0.1, 0.15) is 12.2 Å². The van der Waals surface area contributed by atoms with E-state index in [2.05, 4.69) is 10.6 Å². The van der Waals surface area contributed by atoms with Gasteiger partial charge in [-0.3, -0.25) is 19.2 Å². The van der Waals surface area contributed by atoms with Crippen molar-refractivity contribution in [2.45, 2.75) is 40.5 Å². The number of carbonyl (C=O) groups excluding carboxylic acids is 4. The quantitative estimate of drug-likeness (QED) is 0.601. The van der Waals surface area contributed by atoms with E-state index >= 15 is 0 Å². The summed E-state index contributed by atoms with van der Waals surface area (Å²) < 4.78 is 0. The van der Waals surface area contributed by atoms with Gasteiger partial charge in [-0.15, -0.1) is 0 Å². The fourth-order valence-corrected chi connectivity index (χ4v) is 1.27. The van der Waals surface area contributed by atoms with Crippen LogP contribution in [0.3, 0.4) is 0 Å². The van der Waals surface area contributed by atoms with E-state index in [-0.39, 0.29) is 49.3 Å². The van der Waals surface area contributed by atoms with Gasteiger partial charge in [0.25, 0.3) is 0 Å². The second-order valence-electron chi connectivity index (χ2n) is 5.30. The zero-order valence-corrected chi connectivity index (χ0v) is 12.6. The third-order valence-electron chi connectivity index (χ3n) is 2.76. The molecule has 6 heteroatoms. The molecule has 6 nitrogen and oxygen atoms in total. The second kappa shape index (κ2) is 9.23. The van der Waals surface area contributed by atoms with E-state index in [0.29, 0.717) is 0 Å². The molecule has 0 unspecified atom stereocenters. The first-order chi connectivity index (χ1) is 9.23. The Morgan fingerprint density at radius 3 is 1.80 bits per heavy atom. The highest BCUT2D eigenvalue weighted by Gasteiger charge is 2.13. The molecule has 0 aliphatic rings. The molecule has 0 aliphatic heterocycles. The summed E-state index contributed by atoms with van der Waals surface area (Å²) in [7, 11) is 0. The lowest BCUT2D eigenvalue weighted by atomic mass is 10.1. The van der Waals surface area contributed by atoms with Gasteiger partial charge in [0.05, 0.1) is 6.54 Å². The standard InChI is InChI=1S/C14H24N2O4/c1-9(2)11(17)5-6-15-13(19)7-14(20)16-8-12(18)10(3)4/h9-10H,5-8H2,1-4H3,(H,15,19)(H,16,20). The fraction of sp³-hybridized carbons (Fsp3) is 0.714. The minimum Gasteiger partial charge on any atom is -0.355 e. The van der Waals surface area contributed by atoms with E-state index < -0.39 is 11.8 Å². The van der Waals surface area contributed by atoms with Crippen LogP contribution in [-0.4, -0.2) is 36.5 Å². The van der Waals surface area contributed by atoms with Crippen LogP contribution in [0.15, 0.2) is 0 Å². The van der Waals surface area contributed by atoms with Crippen LogP contribution in [0, 0.1) is 11.8 Å². The van der Waals surface area contributed by atoms with Gasteiger partial charge in [-0.25, -0.2) is 0 Å². The number of hydrogen-bond acceptors (Lipinski definition) is 4. The van der Waals surface area contributed by atoms with Crippen molar-refractivity contribution in [3.05, 3.63) is 0 Å². The zero-order chi connectivity index (χ0) is 15.7. The van der Waals surface area contributed by atoms with Crippen molar-refractivity contribution in [3.8, 4) is 0 Å². The van der Waals surface area contributed by atoms with Crippen molar-refractivity contribution in [3.63, 3.8) is 0 Å². The Bertz CT molecular complexity index is 375. The van der Waals surface area contributed by atoms with Crippen molar-refractivity contribution in [2.75, 3.05) is 13.1 Å². The zero-order valence-electron chi connectivity index (χ0n) is 12.6. The van der Waals surface area contributed by atoms with E-state index in [1.807, 2.05) is 0 Å². The molecule has 0 aromatic rings. The summed E-state index contributed by atoms with van der Waals surface area (Å²) in [6, 6.07) is 0. The van der Waals surface area contributed by atoms with E-state index in [1.54, 1.807) is 27.7 Å². The highest BCUT2D eigenvalue weighted by Crippen LogP contribution is 1.97. The molecule has 0 heterocycles. The average Bonchev–Trinajstić information content (AvgIpc) is 2.35. The molecule has 0 aromatic carbocycles. The van der Waals surface area contributed by atoms with Crippen LogP contribution in [0.2, 0.25) is 0 Å². The van der Waals surface area contributed by atoms with Crippen molar-refractivity contribution in [1.82, 2.24) is 10.6 Å². The maximum atomic E-state index is 11.4.